The molecule has 28 heavy (non-hydrogen) atoms. The molecule has 0 saturated heterocycles. The van der Waals surface area contributed by atoms with Crippen LogP contribution < -0.4 is 16.8 Å². The Balaban J connectivity index is 2.23. The third-order valence-corrected chi connectivity index (χ3v) is 4.37. The average molecular weight is 387 g/mol. The second-order valence-corrected chi connectivity index (χ2v) is 6.21. The van der Waals surface area contributed by atoms with Crippen molar-refractivity contribution in [2.45, 2.75) is 25.5 Å². The Morgan fingerprint density at radius 3 is 2.29 bits per heavy atom. The predicted octanol–water partition coefficient (Wildman–Crippen LogP) is -0.639. The summed E-state index contributed by atoms with van der Waals surface area (Å²) in [5.74, 6) is -3.57. The highest BCUT2D eigenvalue weighted by atomic mass is 16.4. The molecule has 0 aliphatic heterocycles. The number of carbonyl (C=O) groups is 2. The van der Waals surface area contributed by atoms with Crippen molar-refractivity contribution in [3.8, 4) is 5.75 Å². The molecule has 2 aromatic rings. The van der Waals surface area contributed by atoms with E-state index in [0.717, 1.165) is 5.56 Å². The number of hydrogen-bond acceptors (Lipinski definition) is 7. The van der Waals surface area contributed by atoms with Crippen molar-refractivity contribution in [2.75, 3.05) is 0 Å². The molecule has 2 rings (SSSR count). The minimum Gasteiger partial charge on any atom is -0.507 e. The second kappa shape index (κ2) is 9.33. The number of aromatic hydroxyl groups is 1. The number of nitrogens with two attached hydrogens (primary N) is 2. The third kappa shape index (κ3) is 4.87. The van der Waals surface area contributed by atoms with Gasteiger partial charge in [-0.1, -0.05) is 18.2 Å². The summed E-state index contributed by atoms with van der Waals surface area (Å²) in [6, 6.07) is 8.86. The molecule has 9 N–H and O–H groups in total. The number of benzene rings is 2. The topological polar surface area (TPSA) is 179 Å². The van der Waals surface area contributed by atoms with Gasteiger partial charge in [0.25, 0.3) is 5.91 Å². The van der Waals surface area contributed by atoms with Gasteiger partial charge in [-0.15, -0.1) is 0 Å². The van der Waals surface area contributed by atoms with Crippen LogP contribution >= 0.6 is 0 Å². The van der Waals surface area contributed by atoms with Gasteiger partial charge < -0.3 is 37.0 Å². The number of para-hydroxylation sites is 1. The second-order valence-electron chi connectivity index (χ2n) is 6.21. The van der Waals surface area contributed by atoms with E-state index in [1.54, 1.807) is 18.2 Å². The molecular weight excluding hydrogens is 365 g/mol. The number of hydrogen-bond donors (Lipinski definition) is 7. The van der Waals surface area contributed by atoms with Gasteiger partial charge in [0.15, 0.2) is 0 Å². The van der Waals surface area contributed by atoms with E-state index in [4.69, 9.17) is 16.6 Å². The lowest BCUT2D eigenvalue weighted by Crippen LogP contribution is -2.48. The molecule has 0 bridgehead atoms. The molecule has 0 aromatic heterocycles. The van der Waals surface area contributed by atoms with Gasteiger partial charge in [-0.2, -0.15) is 0 Å². The monoisotopic (exact) mass is 387 g/mol. The molecule has 0 aliphatic carbocycles. The number of amides is 1. The summed E-state index contributed by atoms with van der Waals surface area (Å²) in [6.07, 6.45) is -0.193. The Bertz CT molecular complexity index is 874. The number of carboxylic acid groups (broad SMARTS) is 1. The zero-order valence-corrected chi connectivity index (χ0v) is 15.0. The van der Waals surface area contributed by atoms with Crippen LogP contribution in [-0.2, 0) is 19.5 Å². The Morgan fingerprint density at radius 1 is 1.04 bits per heavy atom. The van der Waals surface area contributed by atoms with Crippen LogP contribution in [0.2, 0.25) is 0 Å². The molecule has 1 atom stereocenters. The molecule has 1 amide bonds. The van der Waals surface area contributed by atoms with Crippen molar-refractivity contribution in [1.29, 1.82) is 0 Å². The average Bonchev–Trinajstić information content (AvgIpc) is 2.67. The van der Waals surface area contributed by atoms with E-state index in [2.05, 4.69) is 5.32 Å². The number of rotatable bonds is 8. The van der Waals surface area contributed by atoms with Crippen LogP contribution in [0.4, 0.5) is 0 Å². The van der Waals surface area contributed by atoms with Crippen LogP contribution in [0.1, 0.15) is 37.4 Å². The van der Waals surface area contributed by atoms with Gasteiger partial charge in [0.2, 0.25) is 0 Å². The molecule has 1 unspecified atom stereocenters. The van der Waals surface area contributed by atoms with E-state index in [1.807, 2.05) is 0 Å². The van der Waals surface area contributed by atoms with E-state index in [9.17, 15) is 24.7 Å². The molecular formula is C18H22BN3O6. The minimum atomic E-state index is -1.94. The van der Waals surface area contributed by atoms with Gasteiger partial charge in [-0.25, -0.2) is 4.79 Å². The van der Waals surface area contributed by atoms with E-state index < -0.39 is 30.7 Å². The maximum atomic E-state index is 12.5. The summed E-state index contributed by atoms with van der Waals surface area (Å²) in [4.78, 5) is 23.6. The van der Waals surface area contributed by atoms with Crippen LogP contribution in [0.5, 0.6) is 5.75 Å². The Kier molecular flexibility index (Phi) is 7.13. The van der Waals surface area contributed by atoms with Crippen LogP contribution in [0.25, 0.3) is 0 Å². The predicted molar refractivity (Wildman–Crippen MR) is 102 cm³/mol. The summed E-state index contributed by atoms with van der Waals surface area (Å²) >= 11 is 0. The summed E-state index contributed by atoms with van der Waals surface area (Å²) in [5, 5.41) is 40.9. The van der Waals surface area contributed by atoms with Gasteiger partial charge in [-0.05, 0) is 41.3 Å². The Hall–Kier alpha value is -2.92. The number of aromatic carboxylic acids is 1. The van der Waals surface area contributed by atoms with Crippen LogP contribution in [0.15, 0.2) is 36.4 Å². The Labute approximate surface area is 161 Å². The lowest BCUT2D eigenvalue weighted by Gasteiger charge is -2.19. The van der Waals surface area contributed by atoms with E-state index in [-0.39, 0.29) is 36.2 Å². The minimum absolute atomic E-state index is 0.152. The first-order chi connectivity index (χ1) is 13.3. The van der Waals surface area contributed by atoms with Crippen LogP contribution in [0.3, 0.4) is 0 Å². The van der Waals surface area contributed by atoms with Gasteiger partial charge in [0.1, 0.15) is 11.3 Å². The molecule has 0 saturated carbocycles. The smallest absolute Gasteiger partial charge is 0.475 e. The lowest BCUT2D eigenvalue weighted by atomic mass is 9.75. The fourth-order valence-corrected chi connectivity index (χ4v) is 2.80. The molecule has 0 spiro atoms. The molecule has 0 aliphatic rings. The quantitative estimate of drug-likeness (QED) is 0.292. The van der Waals surface area contributed by atoms with Crippen molar-refractivity contribution >= 4 is 19.0 Å². The van der Waals surface area contributed by atoms with E-state index >= 15 is 0 Å². The standard InChI is InChI=1S/C18H22BN3O6/c20-8-12-5-4-11(6-13(12)9-21)17(24)22-15(19(27)28)7-10-2-1-3-14(16(10)23)18(25)26/h1-6,15,23,27-28H,7-9,20-21H2,(H,22,24)(H,25,26). The maximum absolute atomic E-state index is 12.5. The third-order valence-electron chi connectivity index (χ3n) is 4.37. The first kappa shape index (κ1) is 21.4. The van der Waals surface area contributed by atoms with Crippen LogP contribution in [0, 0.1) is 0 Å². The highest BCUT2D eigenvalue weighted by Crippen LogP contribution is 2.24. The molecule has 2 aromatic carbocycles. The van der Waals surface area contributed by atoms with E-state index in [1.165, 1.54) is 18.2 Å². The largest absolute Gasteiger partial charge is 0.507 e. The number of carbonyl (C=O) groups excluding carboxylic acids is 1. The normalized spacial score (nSPS) is 11.7. The zero-order valence-electron chi connectivity index (χ0n) is 15.0. The maximum Gasteiger partial charge on any atom is 0.475 e. The molecule has 10 heteroatoms. The van der Waals surface area contributed by atoms with E-state index in [0.29, 0.717) is 5.56 Å². The van der Waals surface area contributed by atoms with Crippen molar-refractivity contribution in [1.82, 2.24) is 5.32 Å². The molecule has 0 fully saturated rings. The Morgan fingerprint density at radius 2 is 1.71 bits per heavy atom. The zero-order chi connectivity index (χ0) is 20.8. The summed E-state index contributed by atoms with van der Waals surface area (Å²) in [5.41, 5.74) is 12.9. The lowest BCUT2D eigenvalue weighted by molar-refractivity contribution is 0.0693. The van der Waals surface area contributed by atoms with Crippen molar-refractivity contribution < 1.29 is 29.9 Å². The first-order valence-corrected chi connectivity index (χ1v) is 8.51. The van der Waals surface area contributed by atoms with Gasteiger partial charge in [-0.3, -0.25) is 4.79 Å². The highest BCUT2D eigenvalue weighted by Gasteiger charge is 2.28. The summed E-state index contributed by atoms with van der Waals surface area (Å²) < 4.78 is 0. The van der Waals surface area contributed by atoms with Crippen molar-refractivity contribution in [2.24, 2.45) is 11.5 Å². The summed E-state index contributed by atoms with van der Waals surface area (Å²) in [7, 11) is -1.94. The first-order valence-electron chi connectivity index (χ1n) is 8.51. The molecule has 9 nitrogen and oxygen atoms in total. The van der Waals surface area contributed by atoms with Crippen LogP contribution in [-0.4, -0.2) is 45.2 Å². The molecule has 0 heterocycles. The fourth-order valence-electron chi connectivity index (χ4n) is 2.80. The number of carboxylic acids is 1. The number of phenols is 1. The summed E-state index contributed by atoms with van der Waals surface area (Å²) in [6.45, 7) is 0.459. The van der Waals surface area contributed by atoms with Crippen molar-refractivity contribution in [3.63, 3.8) is 0 Å². The van der Waals surface area contributed by atoms with Crippen molar-refractivity contribution in [3.05, 3.63) is 64.2 Å². The van der Waals surface area contributed by atoms with Gasteiger partial charge in [0.05, 0.1) is 5.94 Å². The molecule has 0 radical (unpaired) electrons. The van der Waals surface area contributed by atoms with Gasteiger partial charge >= 0.3 is 13.1 Å². The highest BCUT2D eigenvalue weighted by molar-refractivity contribution is 6.43. The fraction of sp³-hybridized carbons (Fsp3) is 0.222. The van der Waals surface area contributed by atoms with Gasteiger partial charge in [0, 0.05) is 18.7 Å². The SMILES string of the molecule is NCc1ccc(C(=O)NC(Cc2cccc(C(=O)O)c2O)B(O)O)cc1CN. The number of nitrogens with one attached hydrogen (secondary N) is 1. The molecule has 148 valence electrons.